The molecule has 0 radical (unpaired) electrons. The van der Waals surface area contributed by atoms with Crippen molar-refractivity contribution in [3.63, 3.8) is 0 Å². The van der Waals surface area contributed by atoms with Gasteiger partial charge in [0.05, 0.1) is 6.61 Å². The van der Waals surface area contributed by atoms with E-state index in [2.05, 4.69) is 5.32 Å². The van der Waals surface area contributed by atoms with Gasteiger partial charge in [0.15, 0.2) is 0 Å². The van der Waals surface area contributed by atoms with E-state index in [0.717, 1.165) is 18.4 Å². The molecule has 0 bridgehead atoms. The van der Waals surface area contributed by atoms with Gasteiger partial charge >= 0.3 is 0 Å². The van der Waals surface area contributed by atoms with Crippen molar-refractivity contribution in [2.24, 2.45) is 0 Å². The van der Waals surface area contributed by atoms with E-state index in [1.165, 1.54) is 19.3 Å². The van der Waals surface area contributed by atoms with Crippen LogP contribution in [0.25, 0.3) is 0 Å². The first-order valence-electron chi connectivity index (χ1n) is 6.44. The smallest absolute Gasteiger partial charge is 0.0613 e. The summed E-state index contributed by atoms with van der Waals surface area (Å²) in [7, 11) is 0. The number of hydrogen-bond acceptors (Lipinski definition) is 2. The van der Waals surface area contributed by atoms with E-state index < -0.39 is 0 Å². The molecule has 0 heterocycles. The summed E-state index contributed by atoms with van der Waals surface area (Å²) in [5.74, 6) is 0. The molecule has 0 spiro atoms. The Bertz CT molecular complexity index is 383. The molecule has 0 saturated heterocycles. The molecule has 2 N–H and O–H groups in total. The number of benzene rings is 1. The van der Waals surface area contributed by atoms with E-state index >= 15 is 0 Å². The van der Waals surface area contributed by atoms with Gasteiger partial charge in [-0.05, 0) is 36.6 Å². The highest BCUT2D eigenvalue weighted by atomic mass is 35.5. The number of nitrogens with one attached hydrogen (secondary N) is 1. The van der Waals surface area contributed by atoms with Crippen molar-refractivity contribution < 1.29 is 5.11 Å². The zero-order chi connectivity index (χ0) is 13.0. The standard InChI is InChI=1S/C14H19Cl2NO/c15-12-6-11(7-13(16)8-12)9-17-14(10-18)4-2-1-3-5-14/h6-8,17-18H,1-5,9-10H2. The summed E-state index contributed by atoms with van der Waals surface area (Å²) >= 11 is 12.0. The van der Waals surface area contributed by atoms with Gasteiger partial charge in [-0.25, -0.2) is 0 Å². The van der Waals surface area contributed by atoms with Crippen molar-refractivity contribution in [2.45, 2.75) is 44.2 Å². The van der Waals surface area contributed by atoms with E-state index in [-0.39, 0.29) is 12.1 Å². The van der Waals surface area contributed by atoms with Gasteiger partial charge in [-0.3, -0.25) is 0 Å². The van der Waals surface area contributed by atoms with E-state index in [0.29, 0.717) is 16.6 Å². The van der Waals surface area contributed by atoms with Crippen molar-refractivity contribution in [1.29, 1.82) is 0 Å². The molecule has 0 atom stereocenters. The first kappa shape index (κ1) is 14.1. The molecule has 2 rings (SSSR count). The minimum absolute atomic E-state index is 0.118. The molecule has 1 aromatic rings. The minimum Gasteiger partial charge on any atom is -0.394 e. The Morgan fingerprint density at radius 1 is 1.06 bits per heavy atom. The Hall–Kier alpha value is -0.280. The van der Waals surface area contributed by atoms with Crippen LogP contribution in [0.5, 0.6) is 0 Å². The van der Waals surface area contributed by atoms with Gasteiger partial charge in [0.25, 0.3) is 0 Å². The Labute approximate surface area is 118 Å². The van der Waals surface area contributed by atoms with Crippen LogP contribution in [0.3, 0.4) is 0 Å². The molecule has 0 unspecified atom stereocenters. The molecular formula is C14H19Cl2NO. The van der Waals surface area contributed by atoms with Crippen LogP contribution < -0.4 is 5.32 Å². The summed E-state index contributed by atoms with van der Waals surface area (Å²) in [5.41, 5.74) is 0.943. The lowest BCUT2D eigenvalue weighted by Gasteiger charge is -2.36. The number of rotatable bonds is 4. The van der Waals surface area contributed by atoms with E-state index in [4.69, 9.17) is 23.2 Å². The van der Waals surface area contributed by atoms with Crippen molar-refractivity contribution in [1.82, 2.24) is 5.32 Å². The molecule has 18 heavy (non-hydrogen) atoms. The first-order valence-corrected chi connectivity index (χ1v) is 7.20. The summed E-state index contributed by atoms with van der Waals surface area (Å²) in [6.45, 7) is 0.891. The molecule has 4 heteroatoms. The quantitative estimate of drug-likeness (QED) is 0.883. The highest BCUT2D eigenvalue weighted by Gasteiger charge is 2.30. The van der Waals surface area contributed by atoms with Crippen LogP contribution in [0, 0.1) is 0 Å². The van der Waals surface area contributed by atoms with Crippen molar-refractivity contribution in [3.05, 3.63) is 33.8 Å². The molecule has 1 aliphatic rings. The second-order valence-corrected chi connectivity index (χ2v) is 6.00. The van der Waals surface area contributed by atoms with E-state index in [9.17, 15) is 5.11 Å². The third-order valence-electron chi connectivity index (χ3n) is 3.70. The monoisotopic (exact) mass is 287 g/mol. The maximum atomic E-state index is 9.61. The average Bonchev–Trinajstić information content (AvgIpc) is 2.36. The summed E-state index contributed by atoms with van der Waals surface area (Å²) in [6, 6.07) is 5.55. The summed E-state index contributed by atoms with van der Waals surface area (Å²) in [6.07, 6.45) is 5.72. The van der Waals surface area contributed by atoms with Gasteiger partial charge in [-0.1, -0.05) is 42.5 Å². The zero-order valence-corrected chi connectivity index (χ0v) is 11.9. The molecule has 0 aliphatic heterocycles. The molecule has 1 aliphatic carbocycles. The second-order valence-electron chi connectivity index (χ2n) is 5.13. The first-order chi connectivity index (χ1) is 8.63. The number of aliphatic hydroxyl groups excluding tert-OH is 1. The molecule has 0 amide bonds. The highest BCUT2D eigenvalue weighted by molar-refractivity contribution is 6.34. The summed E-state index contributed by atoms with van der Waals surface area (Å²) < 4.78 is 0. The highest BCUT2D eigenvalue weighted by Crippen LogP contribution is 2.28. The van der Waals surface area contributed by atoms with Crippen LogP contribution in [-0.2, 0) is 6.54 Å². The topological polar surface area (TPSA) is 32.3 Å². The summed E-state index contributed by atoms with van der Waals surface area (Å²) in [5, 5.41) is 14.4. The van der Waals surface area contributed by atoms with Gasteiger partial charge in [-0.2, -0.15) is 0 Å². The fourth-order valence-corrected chi connectivity index (χ4v) is 3.19. The van der Waals surface area contributed by atoms with Gasteiger partial charge in [0.1, 0.15) is 0 Å². The lowest BCUT2D eigenvalue weighted by atomic mass is 9.82. The third kappa shape index (κ3) is 3.61. The lowest BCUT2D eigenvalue weighted by Crippen LogP contribution is -2.49. The SMILES string of the molecule is OCC1(NCc2cc(Cl)cc(Cl)c2)CCCCC1. The number of hydrogen-bond donors (Lipinski definition) is 2. The van der Waals surface area contributed by atoms with Crippen LogP contribution >= 0.6 is 23.2 Å². The molecule has 0 aromatic heterocycles. The van der Waals surface area contributed by atoms with Crippen LogP contribution in [0.4, 0.5) is 0 Å². The van der Waals surface area contributed by atoms with Crippen LogP contribution in [0.2, 0.25) is 10.0 Å². The van der Waals surface area contributed by atoms with Crippen molar-refractivity contribution in [3.8, 4) is 0 Å². The van der Waals surface area contributed by atoms with Crippen molar-refractivity contribution in [2.75, 3.05) is 6.61 Å². The molecule has 2 nitrogen and oxygen atoms in total. The molecule has 1 saturated carbocycles. The maximum Gasteiger partial charge on any atom is 0.0613 e. The predicted molar refractivity (Wildman–Crippen MR) is 76.2 cm³/mol. The lowest BCUT2D eigenvalue weighted by molar-refractivity contribution is 0.119. The Kier molecular flexibility index (Phi) is 4.91. The predicted octanol–water partition coefficient (Wildman–Crippen LogP) is 3.78. The normalized spacial score (nSPS) is 18.8. The van der Waals surface area contributed by atoms with Gasteiger partial charge in [0, 0.05) is 22.1 Å². The van der Waals surface area contributed by atoms with Crippen molar-refractivity contribution >= 4 is 23.2 Å². The molecule has 100 valence electrons. The van der Waals surface area contributed by atoms with Crippen LogP contribution in [-0.4, -0.2) is 17.3 Å². The Morgan fingerprint density at radius 3 is 2.22 bits per heavy atom. The maximum absolute atomic E-state index is 9.61. The second kappa shape index (κ2) is 6.25. The fraction of sp³-hybridized carbons (Fsp3) is 0.571. The Morgan fingerprint density at radius 2 is 1.67 bits per heavy atom. The minimum atomic E-state index is -0.118. The largest absolute Gasteiger partial charge is 0.394 e. The van der Waals surface area contributed by atoms with Crippen LogP contribution in [0.15, 0.2) is 18.2 Å². The van der Waals surface area contributed by atoms with Crippen LogP contribution in [0.1, 0.15) is 37.7 Å². The molecule has 1 fully saturated rings. The number of halogens is 2. The number of aliphatic hydroxyl groups is 1. The zero-order valence-electron chi connectivity index (χ0n) is 10.4. The van der Waals surface area contributed by atoms with Gasteiger partial charge in [0.2, 0.25) is 0 Å². The molecule has 1 aromatic carbocycles. The van der Waals surface area contributed by atoms with Gasteiger partial charge in [-0.15, -0.1) is 0 Å². The molecular weight excluding hydrogens is 269 g/mol. The Balaban J connectivity index is 2.00. The summed E-state index contributed by atoms with van der Waals surface area (Å²) in [4.78, 5) is 0. The third-order valence-corrected chi connectivity index (χ3v) is 4.14. The fourth-order valence-electron chi connectivity index (χ4n) is 2.62. The van der Waals surface area contributed by atoms with Gasteiger partial charge < -0.3 is 10.4 Å². The van der Waals surface area contributed by atoms with E-state index in [1.54, 1.807) is 6.07 Å². The van der Waals surface area contributed by atoms with E-state index in [1.807, 2.05) is 12.1 Å². The average molecular weight is 288 g/mol.